The van der Waals surface area contributed by atoms with Gasteiger partial charge in [-0.05, 0) is 30.2 Å². The van der Waals surface area contributed by atoms with E-state index in [0.717, 1.165) is 5.56 Å². The molecule has 0 saturated heterocycles. The van der Waals surface area contributed by atoms with Crippen LogP contribution in [0, 0.1) is 6.92 Å². The van der Waals surface area contributed by atoms with E-state index < -0.39 is 6.10 Å². The summed E-state index contributed by atoms with van der Waals surface area (Å²) in [5.41, 5.74) is 1.77. The van der Waals surface area contributed by atoms with Crippen LogP contribution in [-0.2, 0) is 11.3 Å². The monoisotopic (exact) mass is 303 g/mol. The molecule has 118 valence electrons. The van der Waals surface area contributed by atoms with Crippen LogP contribution in [0.1, 0.15) is 23.7 Å². The molecule has 22 heavy (non-hydrogen) atoms. The number of hydrogen-bond donors (Lipinski definition) is 2. The maximum Gasteiger partial charge on any atom is 0.221 e. The number of aliphatic hydroxyl groups excluding tert-OH is 1. The molecule has 6 heteroatoms. The van der Waals surface area contributed by atoms with Crippen LogP contribution in [0.15, 0.2) is 36.7 Å². The Bertz CT molecular complexity index is 625. The van der Waals surface area contributed by atoms with Crippen molar-refractivity contribution in [1.82, 2.24) is 15.1 Å². The Morgan fingerprint density at radius 1 is 1.50 bits per heavy atom. The Kier molecular flexibility index (Phi) is 5.55. The van der Waals surface area contributed by atoms with Gasteiger partial charge in [-0.3, -0.25) is 9.48 Å². The number of methoxy groups -OCH3 is 1. The number of carbonyl (C=O) groups is 1. The van der Waals surface area contributed by atoms with Gasteiger partial charge in [-0.25, -0.2) is 0 Å². The molecule has 0 bridgehead atoms. The third kappa shape index (κ3) is 4.60. The van der Waals surface area contributed by atoms with Crippen LogP contribution in [0.3, 0.4) is 0 Å². The highest BCUT2D eigenvalue weighted by Crippen LogP contribution is 2.18. The number of rotatable bonds is 7. The highest BCUT2D eigenvalue weighted by Gasteiger charge is 2.10. The zero-order chi connectivity index (χ0) is 15.9. The van der Waals surface area contributed by atoms with Crippen LogP contribution < -0.4 is 10.1 Å². The summed E-state index contributed by atoms with van der Waals surface area (Å²) < 4.78 is 6.84. The topological polar surface area (TPSA) is 76.4 Å². The highest BCUT2D eigenvalue weighted by molar-refractivity contribution is 5.75. The van der Waals surface area contributed by atoms with Crippen molar-refractivity contribution in [3.8, 4) is 5.75 Å². The average Bonchev–Trinajstić information content (AvgIpc) is 2.96. The SMILES string of the molecule is COc1cccc(C(O)CNC(=O)CCn2cc(C)cn2)c1. The molecule has 0 aliphatic carbocycles. The van der Waals surface area contributed by atoms with Gasteiger partial charge in [-0.15, -0.1) is 0 Å². The Morgan fingerprint density at radius 2 is 2.32 bits per heavy atom. The molecule has 0 aliphatic rings. The Labute approximate surface area is 129 Å². The molecule has 1 aromatic heterocycles. The quantitative estimate of drug-likeness (QED) is 0.811. The van der Waals surface area contributed by atoms with Gasteiger partial charge in [0.15, 0.2) is 0 Å². The normalized spacial score (nSPS) is 12.0. The fourth-order valence-corrected chi connectivity index (χ4v) is 2.07. The smallest absolute Gasteiger partial charge is 0.221 e. The lowest BCUT2D eigenvalue weighted by Gasteiger charge is -2.13. The summed E-state index contributed by atoms with van der Waals surface area (Å²) in [7, 11) is 1.57. The summed E-state index contributed by atoms with van der Waals surface area (Å²) in [4.78, 5) is 11.8. The minimum absolute atomic E-state index is 0.116. The van der Waals surface area contributed by atoms with Gasteiger partial charge in [0.25, 0.3) is 0 Å². The molecule has 0 radical (unpaired) electrons. The number of aromatic nitrogens is 2. The van der Waals surface area contributed by atoms with Crippen molar-refractivity contribution < 1.29 is 14.6 Å². The van der Waals surface area contributed by atoms with Crippen LogP contribution >= 0.6 is 0 Å². The van der Waals surface area contributed by atoms with Gasteiger partial charge in [0.1, 0.15) is 5.75 Å². The third-order valence-electron chi connectivity index (χ3n) is 3.30. The molecule has 0 saturated carbocycles. The highest BCUT2D eigenvalue weighted by atomic mass is 16.5. The molecule has 0 spiro atoms. The maximum atomic E-state index is 11.8. The second kappa shape index (κ2) is 7.61. The van der Waals surface area contributed by atoms with E-state index in [1.807, 2.05) is 13.1 Å². The predicted octanol–water partition coefficient (Wildman–Crippen LogP) is 1.44. The van der Waals surface area contributed by atoms with Gasteiger partial charge in [-0.1, -0.05) is 12.1 Å². The van der Waals surface area contributed by atoms with Gasteiger partial charge in [0, 0.05) is 25.7 Å². The molecule has 2 rings (SSSR count). The van der Waals surface area contributed by atoms with Crippen LogP contribution in [0.2, 0.25) is 0 Å². The van der Waals surface area contributed by atoms with Crippen molar-refractivity contribution in [2.75, 3.05) is 13.7 Å². The predicted molar refractivity (Wildman–Crippen MR) is 82.5 cm³/mol. The lowest BCUT2D eigenvalue weighted by atomic mass is 10.1. The van der Waals surface area contributed by atoms with Gasteiger partial charge in [0.2, 0.25) is 5.91 Å². The molecule has 2 aromatic rings. The molecule has 1 amide bonds. The number of ether oxygens (including phenoxy) is 1. The average molecular weight is 303 g/mol. The summed E-state index contributed by atoms with van der Waals surface area (Å²) in [6, 6.07) is 7.16. The van der Waals surface area contributed by atoms with E-state index in [2.05, 4.69) is 10.4 Å². The molecular weight excluding hydrogens is 282 g/mol. The van der Waals surface area contributed by atoms with E-state index in [4.69, 9.17) is 4.74 Å². The van der Waals surface area contributed by atoms with Gasteiger partial charge in [-0.2, -0.15) is 5.10 Å². The summed E-state index contributed by atoms with van der Waals surface area (Å²) in [5.74, 6) is 0.562. The second-order valence-corrected chi connectivity index (χ2v) is 5.13. The number of benzene rings is 1. The summed E-state index contributed by atoms with van der Waals surface area (Å²) in [6.07, 6.45) is 3.21. The van der Waals surface area contributed by atoms with E-state index in [-0.39, 0.29) is 12.5 Å². The van der Waals surface area contributed by atoms with E-state index >= 15 is 0 Å². The van der Waals surface area contributed by atoms with Crippen LogP contribution in [0.5, 0.6) is 5.75 Å². The molecule has 1 heterocycles. The zero-order valence-electron chi connectivity index (χ0n) is 12.8. The molecular formula is C16H21N3O3. The van der Waals surface area contributed by atoms with Crippen molar-refractivity contribution in [1.29, 1.82) is 0 Å². The van der Waals surface area contributed by atoms with E-state index in [9.17, 15) is 9.90 Å². The first-order valence-corrected chi connectivity index (χ1v) is 7.16. The standard InChI is InChI=1S/C16H21N3O3/c1-12-9-18-19(11-12)7-6-16(21)17-10-15(20)13-4-3-5-14(8-13)22-2/h3-5,8-9,11,15,20H,6-7,10H2,1-2H3,(H,17,21). The Balaban J connectivity index is 1.77. The van der Waals surface area contributed by atoms with Crippen molar-refractivity contribution in [2.45, 2.75) is 26.0 Å². The molecule has 0 aliphatic heterocycles. The lowest BCUT2D eigenvalue weighted by molar-refractivity contribution is -0.121. The summed E-state index contributed by atoms with van der Waals surface area (Å²) >= 11 is 0. The first-order chi connectivity index (χ1) is 10.6. The number of nitrogens with one attached hydrogen (secondary N) is 1. The fourth-order valence-electron chi connectivity index (χ4n) is 2.07. The Morgan fingerprint density at radius 3 is 3.00 bits per heavy atom. The molecule has 1 aromatic carbocycles. The van der Waals surface area contributed by atoms with Gasteiger partial charge >= 0.3 is 0 Å². The van der Waals surface area contributed by atoms with Gasteiger partial charge < -0.3 is 15.2 Å². The van der Waals surface area contributed by atoms with E-state index in [0.29, 0.717) is 24.3 Å². The molecule has 6 nitrogen and oxygen atoms in total. The number of nitrogens with zero attached hydrogens (tertiary/aromatic N) is 2. The van der Waals surface area contributed by atoms with Crippen LogP contribution in [0.4, 0.5) is 0 Å². The Hall–Kier alpha value is -2.34. The largest absolute Gasteiger partial charge is 0.497 e. The first-order valence-electron chi connectivity index (χ1n) is 7.16. The second-order valence-electron chi connectivity index (χ2n) is 5.13. The molecule has 1 unspecified atom stereocenters. The zero-order valence-corrected chi connectivity index (χ0v) is 12.8. The van der Waals surface area contributed by atoms with Gasteiger partial charge in [0.05, 0.1) is 19.4 Å². The minimum atomic E-state index is -0.758. The van der Waals surface area contributed by atoms with Crippen molar-refractivity contribution in [3.05, 3.63) is 47.8 Å². The third-order valence-corrected chi connectivity index (χ3v) is 3.30. The molecule has 2 N–H and O–H groups in total. The van der Waals surface area contributed by atoms with Crippen LogP contribution in [0.25, 0.3) is 0 Å². The van der Waals surface area contributed by atoms with Crippen LogP contribution in [-0.4, -0.2) is 34.4 Å². The van der Waals surface area contributed by atoms with E-state index in [1.165, 1.54) is 0 Å². The van der Waals surface area contributed by atoms with Crippen molar-refractivity contribution in [2.24, 2.45) is 0 Å². The number of aryl methyl sites for hydroxylation is 2. The number of amides is 1. The number of aliphatic hydroxyl groups is 1. The number of hydrogen-bond acceptors (Lipinski definition) is 4. The first kappa shape index (κ1) is 16.0. The molecule has 1 atom stereocenters. The fraction of sp³-hybridized carbons (Fsp3) is 0.375. The van der Waals surface area contributed by atoms with Crippen molar-refractivity contribution >= 4 is 5.91 Å². The minimum Gasteiger partial charge on any atom is -0.497 e. The molecule has 0 fully saturated rings. The van der Waals surface area contributed by atoms with Crippen molar-refractivity contribution in [3.63, 3.8) is 0 Å². The van der Waals surface area contributed by atoms with E-state index in [1.54, 1.807) is 42.3 Å². The number of carbonyl (C=O) groups excluding carboxylic acids is 1. The lowest BCUT2D eigenvalue weighted by Crippen LogP contribution is -2.29. The maximum absolute atomic E-state index is 11.8. The summed E-state index contributed by atoms with van der Waals surface area (Å²) in [5, 5.41) is 16.9. The summed E-state index contributed by atoms with van der Waals surface area (Å²) in [6.45, 7) is 2.65.